The lowest BCUT2D eigenvalue weighted by Gasteiger charge is -2.10. The molecule has 0 aliphatic rings. The van der Waals surface area contributed by atoms with Crippen molar-refractivity contribution in [3.8, 4) is 0 Å². The number of benzene rings is 1. The summed E-state index contributed by atoms with van der Waals surface area (Å²) in [5.41, 5.74) is 1.29. The van der Waals surface area contributed by atoms with Gasteiger partial charge in [-0.15, -0.1) is 0 Å². The zero-order chi connectivity index (χ0) is 18.8. The molecule has 0 aliphatic heterocycles. The number of carbonyl (C=O) groups excluding carboxylic acids is 3. The van der Waals surface area contributed by atoms with Crippen LogP contribution in [0.3, 0.4) is 0 Å². The summed E-state index contributed by atoms with van der Waals surface area (Å²) in [5.74, 6) is -1.43. The predicted octanol–water partition coefficient (Wildman–Crippen LogP) is 1.41. The van der Waals surface area contributed by atoms with Crippen molar-refractivity contribution in [1.29, 1.82) is 0 Å². The van der Waals surface area contributed by atoms with E-state index in [9.17, 15) is 14.4 Å². The SMILES string of the molecule is CC(C)NC(=O)CNC(=O)COC(=O)c1ccc(COC(C)C)cc1. The molecule has 0 saturated carbocycles. The molecule has 2 N–H and O–H groups in total. The van der Waals surface area contributed by atoms with Crippen molar-refractivity contribution in [1.82, 2.24) is 10.6 Å². The van der Waals surface area contributed by atoms with E-state index in [-0.39, 0.29) is 24.6 Å². The van der Waals surface area contributed by atoms with Crippen LogP contribution < -0.4 is 10.6 Å². The van der Waals surface area contributed by atoms with Gasteiger partial charge in [-0.2, -0.15) is 0 Å². The molecule has 0 saturated heterocycles. The second kappa shape index (κ2) is 10.5. The fourth-order valence-electron chi connectivity index (χ4n) is 1.82. The maximum atomic E-state index is 11.9. The van der Waals surface area contributed by atoms with E-state index < -0.39 is 18.5 Å². The minimum Gasteiger partial charge on any atom is -0.452 e. The van der Waals surface area contributed by atoms with E-state index in [0.717, 1.165) is 5.56 Å². The summed E-state index contributed by atoms with van der Waals surface area (Å²) in [6.07, 6.45) is 0.130. The quantitative estimate of drug-likeness (QED) is 0.657. The van der Waals surface area contributed by atoms with E-state index in [1.807, 2.05) is 27.7 Å². The molecule has 0 aromatic heterocycles. The largest absolute Gasteiger partial charge is 0.452 e. The summed E-state index contributed by atoms with van der Waals surface area (Å²) in [6.45, 7) is 7.41. The first kappa shape index (κ1) is 20.6. The highest BCUT2D eigenvalue weighted by Gasteiger charge is 2.11. The third kappa shape index (κ3) is 8.85. The van der Waals surface area contributed by atoms with Crippen LogP contribution in [0.25, 0.3) is 0 Å². The first-order valence-corrected chi connectivity index (χ1v) is 8.21. The summed E-state index contributed by atoms with van der Waals surface area (Å²) in [5, 5.41) is 5.03. The summed E-state index contributed by atoms with van der Waals surface area (Å²) < 4.78 is 10.4. The van der Waals surface area contributed by atoms with Crippen molar-refractivity contribution in [2.75, 3.05) is 13.2 Å². The highest BCUT2D eigenvalue weighted by atomic mass is 16.5. The van der Waals surface area contributed by atoms with E-state index in [4.69, 9.17) is 9.47 Å². The number of esters is 1. The van der Waals surface area contributed by atoms with Gasteiger partial charge in [0.15, 0.2) is 6.61 Å². The van der Waals surface area contributed by atoms with Crippen LogP contribution in [0.5, 0.6) is 0 Å². The smallest absolute Gasteiger partial charge is 0.338 e. The number of hydrogen-bond donors (Lipinski definition) is 2. The molecule has 25 heavy (non-hydrogen) atoms. The summed E-state index contributed by atoms with van der Waals surface area (Å²) in [6, 6.07) is 6.78. The van der Waals surface area contributed by atoms with E-state index >= 15 is 0 Å². The van der Waals surface area contributed by atoms with Crippen LogP contribution in [-0.4, -0.2) is 43.1 Å². The molecule has 0 radical (unpaired) electrons. The maximum absolute atomic E-state index is 11.9. The van der Waals surface area contributed by atoms with Gasteiger partial charge in [0.2, 0.25) is 5.91 Å². The molecule has 7 heteroatoms. The molecule has 0 atom stereocenters. The zero-order valence-corrected chi connectivity index (χ0v) is 15.1. The molecule has 1 aromatic rings. The van der Waals surface area contributed by atoms with Crippen molar-refractivity contribution in [3.05, 3.63) is 35.4 Å². The van der Waals surface area contributed by atoms with E-state index in [0.29, 0.717) is 12.2 Å². The average molecular weight is 350 g/mol. The molecular weight excluding hydrogens is 324 g/mol. The van der Waals surface area contributed by atoms with Gasteiger partial charge in [0.1, 0.15) is 0 Å². The molecule has 0 bridgehead atoms. The minimum absolute atomic E-state index is 0.00357. The van der Waals surface area contributed by atoms with Crippen LogP contribution >= 0.6 is 0 Å². The summed E-state index contributed by atoms with van der Waals surface area (Å²) in [4.78, 5) is 34.9. The van der Waals surface area contributed by atoms with Gasteiger partial charge in [-0.05, 0) is 45.4 Å². The summed E-state index contributed by atoms with van der Waals surface area (Å²) >= 11 is 0. The van der Waals surface area contributed by atoms with E-state index in [1.165, 1.54) is 0 Å². The van der Waals surface area contributed by atoms with Crippen LogP contribution in [0, 0.1) is 0 Å². The van der Waals surface area contributed by atoms with Crippen LogP contribution in [0.4, 0.5) is 0 Å². The highest BCUT2D eigenvalue weighted by molar-refractivity contribution is 5.92. The number of hydrogen-bond acceptors (Lipinski definition) is 5. The van der Waals surface area contributed by atoms with Crippen molar-refractivity contribution in [2.24, 2.45) is 0 Å². The van der Waals surface area contributed by atoms with Crippen LogP contribution in [0.15, 0.2) is 24.3 Å². The molecule has 7 nitrogen and oxygen atoms in total. The van der Waals surface area contributed by atoms with Gasteiger partial charge in [-0.1, -0.05) is 12.1 Å². The molecule has 138 valence electrons. The van der Waals surface area contributed by atoms with Gasteiger partial charge in [-0.25, -0.2) is 4.79 Å². The van der Waals surface area contributed by atoms with E-state index in [1.54, 1.807) is 24.3 Å². The highest BCUT2D eigenvalue weighted by Crippen LogP contribution is 2.08. The molecule has 1 rings (SSSR count). The topological polar surface area (TPSA) is 93.7 Å². The van der Waals surface area contributed by atoms with E-state index in [2.05, 4.69) is 10.6 Å². The Balaban J connectivity index is 2.36. The second-order valence-electron chi connectivity index (χ2n) is 6.13. The van der Waals surface area contributed by atoms with Gasteiger partial charge in [0, 0.05) is 6.04 Å². The Bertz CT molecular complexity index is 582. The lowest BCUT2D eigenvalue weighted by atomic mass is 10.1. The molecular formula is C18H26N2O5. The third-order valence-electron chi connectivity index (χ3n) is 3.00. The second-order valence-corrected chi connectivity index (χ2v) is 6.13. The molecule has 0 unspecified atom stereocenters. The van der Waals surface area contributed by atoms with Gasteiger partial charge >= 0.3 is 5.97 Å². The van der Waals surface area contributed by atoms with Crippen LogP contribution in [0.1, 0.15) is 43.6 Å². The molecule has 1 aromatic carbocycles. The first-order valence-electron chi connectivity index (χ1n) is 8.21. The fraction of sp³-hybridized carbons (Fsp3) is 0.500. The predicted molar refractivity (Wildman–Crippen MR) is 92.9 cm³/mol. The summed E-state index contributed by atoms with van der Waals surface area (Å²) in [7, 11) is 0. The molecule has 0 spiro atoms. The van der Waals surface area contributed by atoms with Gasteiger partial charge in [0.25, 0.3) is 5.91 Å². The van der Waals surface area contributed by atoms with Crippen molar-refractivity contribution >= 4 is 17.8 Å². The Hall–Kier alpha value is -2.41. The first-order chi connectivity index (χ1) is 11.8. The van der Waals surface area contributed by atoms with Gasteiger partial charge < -0.3 is 20.1 Å². The fourth-order valence-corrected chi connectivity index (χ4v) is 1.82. The van der Waals surface area contributed by atoms with Crippen LogP contribution in [0.2, 0.25) is 0 Å². The maximum Gasteiger partial charge on any atom is 0.338 e. The standard InChI is InChI=1S/C18H26N2O5/c1-12(2)20-16(21)9-19-17(22)11-25-18(23)15-7-5-14(6-8-15)10-24-13(3)4/h5-8,12-13H,9-11H2,1-4H3,(H,19,22)(H,20,21). The number of nitrogens with one attached hydrogen (secondary N) is 2. The Morgan fingerprint density at radius 2 is 1.64 bits per heavy atom. The normalized spacial score (nSPS) is 10.6. The Morgan fingerprint density at radius 3 is 2.20 bits per heavy atom. The third-order valence-corrected chi connectivity index (χ3v) is 3.00. The molecule has 0 fully saturated rings. The molecule has 0 aliphatic carbocycles. The van der Waals surface area contributed by atoms with Crippen molar-refractivity contribution in [2.45, 2.75) is 46.4 Å². The van der Waals surface area contributed by atoms with Crippen LogP contribution in [-0.2, 0) is 25.7 Å². The van der Waals surface area contributed by atoms with Crippen molar-refractivity contribution < 1.29 is 23.9 Å². The molecule has 0 heterocycles. The van der Waals surface area contributed by atoms with Gasteiger partial charge in [-0.3, -0.25) is 9.59 Å². The number of ether oxygens (including phenoxy) is 2. The Labute approximate surface area is 148 Å². The minimum atomic E-state index is -0.599. The number of carbonyl (C=O) groups is 3. The average Bonchev–Trinajstić information content (AvgIpc) is 2.55. The lowest BCUT2D eigenvalue weighted by Crippen LogP contribution is -2.41. The zero-order valence-electron chi connectivity index (χ0n) is 15.1. The monoisotopic (exact) mass is 350 g/mol. The lowest BCUT2D eigenvalue weighted by molar-refractivity contribution is -0.128. The Kier molecular flexibility index (Phi) is 8.63. The number of amides is 2. The van der Waals surface area contributed by atoms with Crippen molar-refractivity contribution in [3.63, 3.8) is 0 Å². The van der Waals surface area contributed by atoms with Gasteiger partial charge in [0.05, 0.1) is 24.8 Å². The Morgan fingerprint density at radius 1 is 1.00 bits per heavy atom. The molecule has 2 amide bonds. The number of rotatable bonds is 9.